The number of ether oxygens (including phenoxy) is 1. The van der Waals surface area contributed by atoms with Crippen molar-refractivity contribution in [3.8, 4) is 0 Å². The third kappa shape index (κ3) is 2.82. The third-order valence-electron chi connectivity index (χ3n) is 3.04. The topological polar surface area (TPSA) is 12.5 Å². The molecule has 0 amide bonds. The van der Waals surface area contributed by atoms with Gasteiger partial charge in [-0.3, -0.25) is 4.90 Å². The van der Waals surface area contributed by atoms with Gasteiger partial charge in [0.25, 0.3) is 0 Å². The first-order valence-corrected chi connectivity index (χ1v) is 5.71. The quantitative estimate of drug-likeness (QED) is 0.628. The number of allylic oxidation sites excluding steroid dienone is 1. The van der Waals surface area contributed by atoms with Crippen LogP contribution in [-0.2, 0) is 4.74 Å². The van der Waals surface area contributed by atoms with E-state index in [2.05, 4.69) is 30.9 Å². The first-order chi connectivity index (χ1) is 6.83. The highest BCUT2D eigenvalue weighted by molar-refractivity contribution is 4.96. The van der Waals surface area contributed by atoms with Crippen LogP contribution in [0.5, 0.6) is 0 Å². The smallest absolute Gasteiger partial charge is 0.0618 e. The monoisotopic (exact) mass is 197 g/mol. The van der Waals surface area contributed by atoms with Crippen LogP contribution in [0.15, 0.2) is 12.2 Å². The summed E-state index contributed by atoms with van der Waals surface area (Å²) in [6.07, 6.45) is 8.29. The molecule has 1 aliphatic heterocycles. The van der Waals surface area contributed by atoms with Crippen molar-refractivity contribution in [2.24, 2.45) is 0 Å². The molecule has 2 nitrogen and oxygen atoms in total. The minimum Gasteiger partial charge on any atom is -0.383 e. The van der Waals surface area contributed by atoms with Gasteiger partial charge in [0.1, 0.15) is 0 Å². The first-order valence-electron chi connectivity index (χ1n) is 5.71. The lowest BCUT2D eigenvalue weighted by Crippen LogP contribution is -2.39. The number of likely N-dealkylation sites (tertiary alicyclic amines) is 1. The van der Waals surface area contributed by atoms with Gasteiger partial charge >= 0.3 is 0 Å². The third-order valence-corrected chi connectivity index (χ3v) is 3.04. The summed E-state index contributed by atoms with van der Waals surface area (Å²) < 4.78 is 5.26. The summed E-state index contributed by atoms with van der Waals surface area (Å²) in [6.45, 7) is 6.47. The minimum atomic E-state index is 0.614. The number of methoxy groups -OCH3 is 1. The largest absolute Gasteiger partial charge is 0.383 e. The lowest BCUT2D eigenvalue weighted by molar-refractivity contribution is 0.0997. The molecule has 0 aromatic rings. The van der Waals surface area contributed by atoms with Gasteiger partial charge in [0.05, 0.1) is 6.61 Å². The zero-order chi connectivity index (χ0) is 10.4. The van der Waals surface area contributed by atoms with Gasteiger partial charge < -0.3 is 4.74 Å². The predicted molar refractivity (Wildman–Crippen MR) is 60.5 cm³/mol. The maximum absolute atomic E-state index is 5.26. The molecule has 0 aliphatic carbocycles. The Morgan fingerprint density at radius 1 is 1.57 bits per heavy atom. The van der Waals surface area contributed by atoms with Crippen molar-refractivity contribution in [3.05, 3.63) is 12.2 Å². The van der Waals surface area contributed by atoms with E-state index in [0.717, 1.165) is 6.61 Å². The number of hydrogen-bond donors (Lipinski definition) is 0. The zero-order valence-electron chi connectivity index (χ0n) is 9.70. The maximum Gasteiger partial charge on any atom is 0.0618 e. The lowest BCUT2D eigenvalue weighted by atomic mass is 10.1. The lowest BCUT2D eigenvalue weighted by Gasteiger charge is -2.30. The van der Waals surface area contributed by atoms with Gasteiger partial charge in [-0.1, -0.05) is 19.1 Å². The summed E-state index contributed by atoms with van der Waals surface area (Å²) in [5.41, 5.74) is 0. The molecule has 1 aliphatic rings. The SMILES string of the molecule is C/C=C/C(CC)N1CCC[C@H]1COC. The molecule has 0 aromatic carbocycles. The van der Waals surface area contributed by atoms with Crippen LogP contribution in [0.4, 0.5) is 0 Å². The van der Waals surface area contributed by atoms with Gasteiger partial charge in [-0.25, -0.2) is 0 Å². The van der Waals surface area contributed by atoms with E-state index in [4.69, 9.17) is 4.74 Å². The highest BCUT2D eigenvalue weighted by atomic mass is 16.5. The van der Waals surface area contributed by atoms with Crippen molar-refractivity contribution in [1.29, 1.82) is 0 Å². The Labute approximate surface area is 87.9 Å². The number of rotatable bonds is 5. The van der Waals surface area contributed by atoms with Crippen molar-refractivity contribution in [2.45, 2.75) is 45.2 Å². The van der Waals surface area contributed by atoms with Gasteiger partial charge in [-0.05, 0) is 32.7 Å². The van der Waals surface area contributed by atoms with Gasteiger partial charge in [0.2, 0.25) is 0 Å². The van der Waals surface area contributed by atoms with Crippen molar-refractivity contribution >= 4 is 0 Å². The Balaban J connectivity index is 2.54. The van der Waals surface area contributed by atoms with Gasteiger partial charge in [-0.2, -0.15) is 0 Å². The minimum absolute atomic E-state index is 0.614. The fraction of sp³-hybridized carbons (Fsp3) is 0.833. The molecule has 1 rings (SSSR count). The fourth-order valence-corrected chi connectivity index (χ4v) is 2.37. The molecule has 2 atom stereocenters. The number of hydrogen-bond acceptors (Lipinski definition) is 2. The van der Waals surface area contributed by atoms with Gasteiger partial charge in [0.15, 0.2) is 0 Å². The molecule has 2 heteroatoms. The molecule has 1 fully saturated rings. The van der Waals surface area contributed by atoms with Crippen LogP contribution in [0.2, 0.25) is 0 Å². The summed E-state index contributed by atoms with van der Waals surface area (Å²) in [7, 11) is 1.80. The molecule has 14 heavy (non-hydrogen) atoms. The van der Waals surface area contributed by atoms with E-state index >= 15 is 0 Å². The van der Waals surface area contributed by atoms with Crippen molar-refractivity contribution in [1.82, 2.24) is 4.90 Å². The molecular weight excluding hydrogens is 174 g/mol. The Kier molecular flexibility index (Phi) is 5.20. The van der Waals surface area contributed by atoms with E-state index in [1.807, 2.05) is 0 Å². The first kappa shape index (κ1) is 11.7. The maximum atomic E-state index is 5.26. The van der Waals surface area contributed by atoms with E-state index in [-0.39, 0.29) is 0 Å². The summed E-state index contributed by atoms with van der Waals surface area (Å²) in [5.74, 6) is 0. The van der Waals surface area contributed by atoms with E-state index in [1.54, 1.807) is 7.11 Å². The van der Waals surface area contributed by atoms with Crippen LogP contribution in [0.25, 0.3) is 0 Å². The van der Waals surface area contributed by atoms with Crippen molar-refractivity contribution in [2.75, 3.05) is 20.3 Å². The Bertz CT molecular complexity index is 179. The molecule has 0 radical (unpaired) electrons. The predicted octanol–water partition coefficient (Wildman–Crippen LogP) is 2.45. The van der Waals surface area contributed by atoms with Crippen LogP contribution in [-0.4, -0.2) is 37.2 Å². The van der Waals surface area contributed by atoms with Crippen molar-refractivity contribution < 1.29 is 4.74 Å². The molecule has 82 valence electrons. The summed E-state index contributed by atoms with van der Waals surface area (Å²) >= 11 is 0. The molecule has 1 saturated heterocycles. The molecular formula is C12H23NO. The standard InChI is InChI=1S/C12H23NO/c1-4-7-11(5-2)13-9-6-8-12(13)10-14-3/h4,7,11-12H,5-6,8-10H2,1-3H3/b7-4+/t11?,12-/m0/s1. The normalized spacial score (nSPS) is 26.1. The molecule has 0 N–H and O–H groups in total. The molecule has 0 aromatic heterocycles. The Morgan fingerprint density at radius 3 is 2.93 bits per heavy atom. The van der Waals surface area contributed by atoms with Crippen molar-refractivity contribution in [3.63, 3.8) is 0 Å². The van der Waals surface area contributed by atoms with Crippen LogP contribution < -0.4 is 0 Å². The van der Waals surface area contributed by atoms with Crippen LogP contribution >= 0.6 is 0 Å². The average Bonchev–Trinajstić information content (AvgIpc) is 2.63. The molecule has 0 spiro atoms. The number of nitrogens with zero attached hydrogens (tertiary/aromatic N) is 1. The van der Waals surface area contributed by atoms with Crippen LogP contribution in [0, 0.1) is 0 Å². The van der Waals surface area contributed by atoms with Gasteiger partial charge in [0, 0.05) is 19.2 Å². The molecule has 0 bridgehead atoms. The van der Waals surface area contributed by atoms with Crippen LogP contribution in [0.3, 0.4) is 0 Å². The zero-order valence-corrected chi connectivity index (χ0v) is 9.70. The second kappa shape index (κ2) is 6.20. The van der Waals surface area contributed by atoms with E-state index in [9.17, 15) is 0 Å². The second-order valence-electron chi connectivity index (χ2n) is 3.99. The summed E-state index contributed by atoms with van der Waals surface area (Å²) in [5, 5.41) is 0. The fourth-order valence-electron chi connectivity index (χ4n) is 2.37. The molecule has 0 saturated carbocycles. The Hall–Kier alpha value is -0.340. The van der Waals surface area contributed by atoms with Crippen LogP contribution in [0.1, 0.15) is 33.1 Å². The second-order valence-corrected chi connectivity index (χ2v) is 3.99. The van der Waals surface area contributed by atoms with E-state index in [1.165, 1.54) is 25.8 Å². The summed E-state index contributed by atoms with van der Waals surface area (Å²) in [6, 6.07) is 1.25. The molecule has 1 heterocycles. The van der Waals surface area contributed by atoms with E-state index in [0.29, 0.717) is 12.1 Å². The summed E-state index contributed by atoms with van der Waals surface area (Å²) in [4.78, 5) is 2.59. The Morgan fingerprint density at radius 2 is 2.36 bits per heavy atom. The highest BCUT2D eigenvalue weighted by Gasteiger charge is 2.28. The average molecular weight is 197 g/mol. The van der Waals surface area contributed by atoms with E-state index < -0.39 is 0 Å². The highest BCUT2D eigenvalue weighted by Crippen LogP contribution is 2.22. The molecule has 1 unspecified atom stereocenters. The van der Waals surface area contributed by atoms with Gasteiger partial charge in [-0.15, -0.1) is 0 Å².